The molecule has 0 radical (unpaired) electrons. The monoisotopic (exact) mass is 389 g/mol. The van der Waals surface area contributed by atoms with E-state index in [1.165, 1.54) is 27.8 Å². The summed E-state index contributed by atoms with van der Waals surface area (Å²) >= 11 is 3.45. The normalized spacial score (nSPS) is 11.0. The van der Waals surface area contributed by atoms with Gasteiger partial charge in [0, 0.05) is 24.1 Å². The number of aryl methyl sites for hydroxylation is 3. The minimum absolute atomic E-state index is 0.153. The highest BCUT2D eigenvalue weighted by molar-refractivity contribution is 9.10. The van der Waals surface area contributed by atoms with E-state index in [1.54, 1.807) is 0 Å². The minimum Gasteiger partial charge on any atom is -0.481 e. The van der Waals surface area contributed by atoms with E-state index in [9.17, 15) is 4.79 Å². The molecule has 128 valence electrons. The molecule has 3 nitrogen and oxygen atoms in total. The van der Waals surface area contributed by atoms with E-state index < -0.39 is 5.97 Å². The van der Waals surface area contributed by atoms with Gasteiger partial charge in [-0.05, 0) is 55.2 Å². The number of nitrogens with zero attached hydrogens (tertiary/aromatic N) is 1. The Balaban J connectivity index is 2.19. The van der Waals surface area contributed by atoms with E-state index >= 15 is 0 Å². The van der Waals surface area contributed by atoms with E-state index in [1.807, 2.05) is 12.1 Å². The highest BCUT2D eigenvalue weighted by Crippen LogP contribution is 2.20. The molecule has 24 heavy (non-hydrogen) atoms. The fraction of sp³-hybridized carbons (Fsp3) is 0.350. The molecule has 2 aromatic carbocycles. The van der Waals surface area contributed by atoms with E-state index in [4.69, 9.17) is 5.11 Å². The summed E-state index contributed by atoms with van der Waals surface area (Å²) in [5.74, 6) is -0.756. The third-order valence-corrected chi connectivity index (χ3v) is 4.71. The van der Waals surface area contributed by atoms with Crippen molar-refractivity contribution in [1.82, 2.24) is 4.90 Å². The Hall–Kier alpha value is -1.65. The van der Waals surface area contributed by atoms with Gasteiger partial charge in [-0.1, -0.05) is 45.8 Å². The zero-order chi connectivity index (χ0) is 17.7. The lowest BCUT2D eigenvalue weighted by Gasteiger charge is -2.24. The van der Waals surface area contributed by atoms with E-state index in [-0.39, 0.29) is 6.42 Å². The highest BCUT2D eigenvalue weighted by Gasteiger charge is 2.13. The molecule has 0 atom stereocenters. The van der Waals surface area contributed by atoms with Crippen molar-refractivity contribution in [2.45, 2.75) is 40.3 Å². The second-order valence-electron chi connectivity index (χ2n) is 6.36. The molecule has 0 spiro atoms. The molecule has 0 amide bonds. The van der Waals surface area contributed by atoms with Crippen LogP contribution in [0.1, 0.15) is 34.2 Å². The third-order valence-electron chi connectivity index (χ3n) is 4.18. The molecule has 0 unspecified atom stereocenters. The smallest absolute Gasteiger partial charge is 0.304 e. The molecule has 0 aliphatic heterocycles. The lowest BCUT2D eigenvalue weighted by molar-refractivity contribution is -0.137. The maximum Gasteiger partial charge on any atom is 0.304 e. The van der Waals surface area contributed by atoms with Gasteiger partial charge in [0.2, 0.25) is 0 Å². The van der Waals surface area contributed by atoms with Crippen LogP contribution in [0.25, 0.3) is 0 Å². The summed E-state index contributed by atoms with van der Waals surface area (Å²) in [6, 6.07) is 12.6. The van der Waals surface area contributed by atoms with Crippen LogP contribution < -0.4 is 0 Å². The minimum atomic E-state index is -0.756. The molecule has 4 heteroatoms. The molecule has 0 fully saturated rings. The Kier molecular flexibility index (Phi) is 6.58. The largest absolute Gasteiger partial charge is 0.481 e. The van der Waals surface area contributed by atoms with Gasteiger partial charge >= 0.3 is 5.97 Å². The predicted molar refractivity (Wildman–Crippen MR) is 101 cm³/mol. The molecule has 2 aromatic rings. The fourth-order valence-corrected chi connectivity index (χ4v) is 3.26. The summed E-state index contributed by atoms with van der Waals surface area (Å²) in [4.78, 5) is 13.2. The Morgan fingerprint density at radius 3 is 2.17 bits per heavy atom. The van der Waals surface area contributed by atoms with Crippen molar-refractivity contribution < 1.29 is 9.90 Å². The van der Waals surface area contributed by atoms with Gasteiger partial charge in [-0.25, -0.2) is 0 Å². The number of hydrogen-bond donors (Lipinski definition) is 1. The van der Waals surface area contributed by atoms with E-state index in [2.05, 4.69) is 65.9 Å². The molecule has 0 aromatic heterocycles. The number of benzene rings is 2. The van der Waals surface area contributed by atoms with Crippen LogP contribution >= 0.6 is 15.9 Å². The van der Waals surface area contributed by atoms with Gasteiger partial charge in [0.1, 0.15) is 0 Å². The van der Waals surface area contributed by atoms with Gasteiger partial charge in [0.25, 0.3) is 0 Å². The van der Waals surface area contributed by atoms with Crippen molar-refractivity contribution in [3.63, 3.8) is 0 Å². The summed E-state index contributed by atoms with van der Waals surface area (Å²) in [5.41, 5.74) is 6.28. The van der Waals surface area contributed by atoms with Gasteiger partial charge in [0.15, 0.2) is 0 Å². The van der Waals surface area contributed by atoms with Crippen molar-refractivity contribution in [2.75, 3.05) is 6.54 Å². The molecule has 0 bridgehead atoms. The SMILES string of the molecule is Cc1cc(C)c(CN(CCC(=O)O)Cc2ccc(Br)cc2)c(C)c1. The van der Waals surface area contributed by atoms with Crippen molar-refractivity contribution in [2.24, 2.45) is 0 Å². The number of hydrogen-bond acceptors (Lipinski definition) is 2. The second-order valence-corrected chi connectivity index (χ2v) is 7.27. The molecule has 0 aliphatic carbocycles. The Labute approximate surface area is 152 Å². The Morgan fingerprint density at radius 1 is 1.04 bits per heavy atom. The fourth-order valence-electron chi connectivity index (χ4n) is 3.00. The zero-order valence-corrected chi connectivity index (χ0v) is 16.1. The van der Waals surface area contributed by atoms with Crippen LogP contribution in [0.15, 0.2) is 40.9 Å². The number of halogens is 1. The molecular weight excluding hydrogens is 366 g/mol. The highest BCUT2D eigenvalue weighted by atomic mass is 79.9. The summed E-state index contributed by atoms with van der Waals surface area (Å²) in [5, 5.41) is 9.04. The van der Waals surface area contributed by atoms with Crippen LogP contribution in [0.2, 0.25) is 0 Å². The first-order valence-electron chi connectivity index (χ1n) is 8.10. The van der Waals surface area contributed by atoms with Crippen LogP contribution in [-0.4, -0.2) is 22.5 Å². The van der Waals surface area contributed by atoms with Gasteiger partial charge in [-0.3, -0.25) is 9.69 Å². The first-order chi connectivity index (χ1) is 11.3. The number of rotatable bonds is 7. The first kappa shape index (κ1) is 18.7. The molecule has 0 aliphatic rings. The topological polar surface area (TPSA) is 40.5 Å². The molecule has 2 rings (SSSR count). The molecule has 0 saturated heterocycles. The quantitative estimate of drug-likeness (QED) is 0.735. The average molecular weight is 390 g/mol. The number of carboxylic acid groups (broad SMARTS) is 1. The van der Waals surface area contributed by atoms with Crippen molar-refractivity contribution in [3.8, 4) is 0 Å². The van der Waals surface area contributed by atoms with Gasteiger partial charge in [-0.15, -0.1) is 0 Å². The van der Waals surface area contributed by atoms with Crippen molar-refractivity contribution >= 4 is 21.9 Å². The average Bonchev–Trinajstić information content (AvgIpc) is 2.50. The summed E-state index contributed by atoms with van der Waals surface area (Å²) in [7, 11) is 0. The van der Waals surface area contributed by atoms with Crippen LogP contribution in [-0.2, 0) is 17.9 Å². The third kappa shape index (κ3) is 5.46. The molecule has 0 saturated carbocycles. The number of carbonyl (C=O) groups is 1. The van der Waals surface area contributed by atoms with Crippen LogP contribution in [0.3, 0.4) is 0 Å². The van der Waals surface area contributed by atoms with Crippen molar-refractivity contribution in [1.29, 1.82) is 0 Å². The van der Waals surface area contributed by atoms with Crippen LogP contribution in [0.4, 0.5) is 0 Å². The zero-order valence-electron chi connectivity index (χ0n) is 14.5. The lowest BCUT2D eigenvalue weighted by atomic mass is 9.99. The number of carboxylic acids is 1. The predicted octanol–water partition coefficient (Wildman–Crippen LogP) is 4.85. The van der Waals surface area contributed by atoms with Crippen LogP contribution in [0, 0.1) is 20.8 Å². The summed E-state index contributed by atoms with van der Waals surface area (Å²) < 4.78 is 1.05. The molecule has 0 heterocycles. The number of aliphatic carboxylic acids is 1. The standard InChI is InChI=1S/C20H24BrNO2/c1-14-10-15(2)19(16(3)11-14)13-22(9-8-20(23)24)12-17-4-6-18(21)7-5-17/h4-7,10-11H,8-9,12-13H2,1-3H3,(H,23,24). The molecule has 1 N–H and O–H groups in total. The Bertz CT molecular complexity index is 687. The van der Waals surface area contributed by atoms with Gasteiger partial charge in [-0.2, -0.15) is 0 Å². The van der Waals surface area contributed by atoms with Crippen LogP contribution in [0.5, 0.6) is 0 Å². The molecular formula is C20H24BrNO2. The Morgan fingerprint density at radius 2 is 1.62 bits per heavy atom. The van der Waals surface area contributed by atoms with Gasteiger partial charge < -0.3 is 5.11 Å². The second kappa shape index (κ2) is 8.45. The lowest BCUT2D eigenvalue weighted by Crippen LogP contribution is -2.26. The maximum atomic E-state index is 11.0. The summed E-state index contributed by atoms with van der Waals surface area (Å²) in [6.07, 6.45) is 0.153. The van der Waals surface area contributed by atoms with E-state index in [0.717, 1.165) is 17.6 Å². The van der Waals surface area contributed by atoms with E-state index in [0.29, 0.717) is 6.54 Å². The first-order valence-corrected chi connectivity index (χ1v) is 8.90. The van der Waals surface area contributed by atoms with Crippen molar-refractivity contribution in [3.05, 3.63) is 68.7 Å². The summed E-state index contributed by atoms with van der Waals surface area (Å²) in [6.45, 7) is 8.41. The van der Waals surface area contributed by atoms with Gasteiger partial charge in [0.05, 0.1) is 6.42 Å². The maximum absolute atomic E-state index is 11.0.